The van der Waals surface area contributed by atoms with Crippen molar-refractivity contribution in [3.05, 3.63) is 0 Å². The van der Waals surface area contributed by atoms with Gasteiger partial charge in [-0.05, 0) is 6.16 Å². The van der Waals surface area contributed by atoms with E-state index in [-0.39, 0.29) is 12.3 Å². The Balaban J connectivity index is -0.000000153. The summed E-state index contributed by atoms with van der Waals surface area (Å²) in [5.41, 5.74) is 0. The van der Waals surface area contributed by atoms with Crippen molar-refractivity contribution in [3.63, 3.8) is 0 Å². The lowest BCUT2D eigenvalue weighted by Gasteiger charge is -2.26. The van der Waals surface area contributed by atoms with Crippen molar-refractivity contribution in [3.8, 4) is 0 Å². The van der Waals surface area contributed by atoms with E-state index in [1.165, 1.54) is 20.3 Å². The Morgan fingerprint density at radius 2 is 1.07 bits per heavy atom. The fourth-order valence-corrected chi connectivity index (χ4v) is 0. The summed E-state index contributed by atoms with van der Waals surface area (Å²) in [5.74, 6) is 0. The van der Waals surface area contributed by atoms with Crippen molar-refractivity contribution in [1.82, 2.24) is 0 Å². The van der Waals surface area contributed by atoms with E-state index in [9.17, 15) is 23.8 Å². The molecule has 96 valence electrons. The summed E-state index contributed by atoms with van der Waals surface area (Å²) in [4.78, 5) is 36.4. The molecule has 0 radical (unpaired) electrons. The van der Waals surface area contributed by atoms with Crippen LogP contribution in [0.15, 0.2) is 0 Å². The molecular formula is C7H19O6P2-3. The van der Waals surface area contributed by atoms with Crippen molar-refractivity contribution in [2.45, 2.75) is 34.1 Å². The van der Waals surface area contributed by atoms with E-state index >= 15 is 0 Å². The molecule has 0 saturated carbocycles. The van der Waals surface area contributed by atoms with Crippen LogP contribution in [0.3, 0.4) is 0 Å². The highest BCUT2D eigenvalue weighted by Gasteiger charge is 1.90. The van der Waals surface area contributed by atoms with Gasteiger partial charge in [0.2, 0.25) is 0 Å². The van der Waals surface area contributed by atoms with Gasteiger partial charge in [-0.1, -0.05) is 41.7 Å². The number of hydrogen-bond donors (Lipinski definition) is 1. The average molecular weight is 261 g/mol. The van der Waals surface area contributed by atoms with Crippen LogP contribution >= 0.6 is 15.2 Å². The molecule has 0 bridgehead atoms. The maximum atomic E-state index is 9.58. The van der Waals surface area contributed by atoms with Crippen LogP contribution in [-0.4, -0.2) is 17.2 Å². The van der Waals surface area contributed by atoms with E-state index in [4.69, 9.17) is 4.89 Å². The lowest BCUT2D eigenvalue weighted by atomic mass is 10.6. The van der Waals surface area contributed by atoms with Crippen molar-refractivity contribution in [1.29, 1.82) is 0 Å². The molecule has 0 saturated heterocycles. The molecule has 0 aliphatic carbocycles. The predicted molar refractivity (Wildman–Crippen MR) is 54.5 cm³/mol. The molecule has 1 unspecified atom stereocenters. The molecule has 1 N–H and O–H groups in total. The summed E-state index contributed by atoms with van der Waals surface area (Å²) < 4.78 is 19.1. The third-order valence-corrected chi connectivity index (χ3v) is 2.36. The molecule has 0 heterocycles. The average Bonchev–Trinajstić information content (AvgIpc) is 2.04. The second-order valence-electron chi connectivity index (χ2n) is 2.59. The van der Waals surface area contributed by atoms with E-state index in [1.807, 2.05) is 0 Å². The zero-order valence-electron chi connectivity index (χ0n) is 9.50. The minimum atomic E-state index is -4.15. The van der Waals surface area contributed by atoms with Gasteiger partial charge in [0.15, 0.2) is 0 Å². The van der Waals surface area contributed by atoms with E-state index in [0.717, 1.165) is 0 Å². The highest BCUT2D eigenvalue weighted by atomic mass is 31.2. The first-order valence-corrected chi connectivity index (χ1v) is 8.06. The van der Waals surface area contributed by atoms with Crippen molar-refractivity contribution in [2.24, 2.45) is 0 Å². The summed E-state index contributed by atoms with van der Waals surface area (Å²) in [6.07, 6.45) is 0.792. The topological polar surface area (TPSA) is 124 Å². The maximum Gasteiger partial charge on any atom is 0.132 e. The summed E-state index contributed by atoms with van der Waals surface area (Å²) in [5, 5.41) is 0. The zero-order valence-corrected chi connectivity index (χ0v) is 11.3. The SMILES string of the molecule is CCC.CCP(=O)([O-])O.CCP(=O)([O-])[O-]. The van der Waals surface area contributed by atoms with E-state index in [0.29, 0.717) is 0 Å². The fraction of sp³-hybridized carbons (Fsp3) is 1.00. The van der Waals surface area contributed by atoms with Gasteiger partial charge in [-0.2, -0.15) is 0 Å². The van der Waals surface area contributed by atoms with Crippen LogP contribution in [-0.2, 0) is 9.13 Å². The van der Waals surface area contributed by atoms with Crippen molar-refractivity contribution >= 4 is 15.2 Å². The van der Waals surface area contributed by atoms with Crippen LogP contribution in [0.4, 0.5) is 0 Å². The third-order valence-electron chi connectivity index (χ3n) is 0.787. The van der Waals surface area contributed by atoms with E-state index in [2.05, 4.69) is 13.8 Å². The van der Waals surface area contributed by atoms with Gasteiger partial charge in [0, 0.05) is 6.16 Å². The molecule has 0 aliphatic rings. The minimum Gasteiger partial charge on any atom is -0.811 e. The van der Waals surface area contributed by atoms with Crippen LogP contribution in [0, 0.1) is 0 Å². The second kappa shape index (κ2) is 10.8. The Morgan fingerprint density at radius 3 is 1.07 bits per heavy atom. The van der Waals surface area contributed by atoms with Crippen molar-refractivity contribution < 1.29 is 28.7 Å². The molecule has 15 heavy (non-hydrogen) atoms. The Bertz CT molecular complexity index is 184. The first kappa shape index (κ1) is 20.7. The Morgan fingerprint density at radius 1 is 0.933 bits per heavy atom. The molecule has 1 atom stereocenters. The van der Waals surface area contributed by atoms with Crippen LogP contribution in [0.25, 0.3) is 0 Å². The lowest BCUT2D eigenvalue weighted by Crippen LogP contribution is -2.14. The first-order chi connectivity index (χ1) is 6.54. The summed E-state index contributed by atoms with van der Waals surface area (Å²) in [6, 6.07) is 0. The van der Waals surface area contributed by atoms with Gasteiger partial charge in [-0.15, -0.1) is 0 Å². The minimum absolute atomic E-state index is 0.174. The van der Waals surface area contributed by atoms with Crippen LogP contribution in [0.2, 0.25) is 0 Å². The summed E-state index contributed by atoms with van der Waals surface area (Å²) >= 11 is 0. The largest absolute Gasteiger partial charge is 0.811 e. The summed E-state index contributed by atoms with van der Waals surface area (Å²) in [6.45, 7) is 6.95. The van der Waals surface area contributed by atoms with Gasteiger partial charge >= 0.3 is 0 Å². The predicted octanol–water partition coefficient (Wildman–Crippen LogP) is -0.112. The summed E-state index contributed by atoms with van der Waals surface area (Å²) in [7, 11) is -8.04. The second-order valence-corrected chi connectivity index (χ2v) is 6.35. The first-order valence-electron chi connectivity index (χ1n) is 4.57. The van der Waals surface area contributed by atoms with E-state index < -0.39 is 15.2 Å². The molecule has 0 aromatic carbocycles. The highest BCUT2D eigenvalue weighted by molar-refractivity contribution is 7.50. The molecule has 0 rings (SSSR count). The smallest absolute Gasteiger partial charge is 0.132 e. The van der Waals surface area contributed by atoms with Gasteiger partial charge in [-0.25, -0.2) is 0 Å². The molecule has 0 amide bonds. The molecule has 6 nitrogen and oxygen atoms in total. The van der Waals surface area contributed by atoms with Gasteiger partial charge in [0.1, 0.15) is 7.60 Å². The third kappa shape index (κ3) is 54.5. The van der Waals surface area contributed by atoms with Crippen LogP contribution in [0.5, 0.6) is 0 Å². The Labute approximate surface area is 91.0 Å². The van der Waals surface area contributed by atoms with Crippen LogP contribution < -0.4 is 14.7 Å². The normalized spacial score (nSPS) is 13.9. The monoisotopic (exact) mass is 261 g/mol. The van der Waals surface area contributed by atoms with E-state index in [1.54, 1.807) is 0 Å². The maximum absolute atomic E-state index is 9.58. The number of hydrogen-bond acceptors (Lipinski definition) is 5. The van der Waals surface area contributed by atoms with Gasteiger partial charge < -0.3 is 28.7 Å². The molecule has 0 fully saturated rings. The molecular weight excluding hydrogens is 242 g/mol. The quantitative estimate of drug-likeness (QED) is 0.691. The molecule has 8 heteroatoms. The Kier molecular flexibility index (Phi) is 14.9. The molecule has 0 aromatic heterocycles. The van der Waals surface area contributed by atoms with Gasteiger partial charge in [0.05, 0.1) is 0 Å². The van der Waals surface area contributed by atoms with Gasteiger partial charge in [-0.3, -0.25) is 0 Å². The molecule has 0 aromatic rings. The lowest BCUT2D eigenvalue weighted by molar-refractivity contribution is -0.313. The molecule has 0 aliphatic heterocycles. The van der Waals surface area contributed by atoms with Crippen molar-refractivity contribution in [2.75, 3.05) is 12.3 Å². The van der Waals surface area contributed by atoms with Crippen LogP contribution in [0.1, 0.15) is 34.1 Å². The number of rotatable bonds is 2. The standard InChI is InChI=1S/C3H8.2C2H7O3P/c1-3-2;2*1-2-6(3,4)5/h3H2,1-2H3;2*2H2,1H3,(H2,3,4,5)/p-3. The highest BCUT2D eigenvalue weighted by Crippen LogP contribution is 2.26. The Hall–Kier alpha value is 0.300. The fourth-order valence-electron chi connectivity index (χ4n) is 0. The van der Waals surface area contributed by atoms with Gasteiger partial charge in [0.25, 0.3) is 0 Å². The molecule has 0 spiro atoms. The zero-order chi connectivity index (χ0) is 13.1.